The predicted octanol–water partition coefficient (Wildman–Crippen LogP) is 2.05. The van der Waals surface area contributed by atoms with Gasteiger partial charge in [0.15, 0.2) is 5.69 Å². The van der Waals surface area contributed by atoms with E-state index in [-0.39, 0.29) is 23.5 Å². The Kier molecular flexibility index (Phi) is 3.72. The summed E-state index contributed by atoms with van der Waals surface area (Å²) in [7, 11) is 0. The highest BCUT2D eigenvalue weighted by Crippen LogP contribution is 2.30. The van der Waals surface area contributed by atoms with Crippen molar-refractivity contribution in [2.24, 2.45) is 0 Å². The first kappa shape index (κ1) is 15.7. The van der Waals surface area contributed by atoms with Crippen molar-refractivity contribution in [1.29, 1.82) is 0 Å². The van der Waals surface area contributed by atoms with Crippen LogP contribution in [0.25, 0.3) is 10.2 Å². The number of nitrogens with one attached hydrogen (secondary N) is 1. The molecule has 3 aromatic heterocycles. The first-order valence-electron chi connectivity index (χ1n) is 6.51. The maximum atomic E-state index is 12.8. The highest BCUT2D eigenvalue weighted by Gasteiger charge is 2.36. The zero-order valence-electron chi connectivity index (χ0n) is 11.8. The Balaban J connectivity index is 1.99. The third kappa shape index (κ3) is 2.99. The second kappa shape index (κ2) is 5.46. The van der Waals surface area contributed by atoms with Gasteiger partial charge in [0.2, 0.25) is 0 Å². The number of nitrogens with zero attached hydrogens (tertiary/aromatic N) is 3. The topological polar surface area (TPSA) is 83.8 Å². The molecule has 0 atom stereocenters. The van der Waals surface area contributed by atoms with E-state index in [1.165, 1.54) is 11.3 Å². The zero-order valence-corrected chi connectivity index (χ0v) is 12.6. The molecule has 2 N–H and O–H groups in total. The summed E-state index contributed by atoms with van der Waals surface area (Å²) in [6.07, 6.45) is -3.56. The van der Waals surface area contributed by atoms with Crippen LogP contribution in [0.2, 0.25) is 0 Å². The third-order valence-corrected chi connectivity index (χ3v) is 4.11. The van der Waals surface area contributed by atoms with Crippen LogP contribution in [0.1, 0.15) is 22.0 Å². The number of aliphatic hydroxyl groups excluding tert-OH is 1. The van der Waals surface area contributed by atoms with Gasteiger partial charge in [-0.25, -0.2) is 4.98 Å². The number of aromatic nitrogens is 4. The molecule has 0 aliphatic rings. The van der Waals surface area contributed by atoms with E-state index in [1.54, 1.807) is 6.07 Å². The molecule has 3 rings (SSSR count). The molecule has 3 aromatic rings. The lowest BCUT2D eigenvalue weighted by Gasteiger charge is -2.04. The molecule has 0 aliphatic heterocycles. The van der Waals surface area contributed by atoms with E-state index < -0.39 is 18.5 Å². The van der Waals surface area contributed by atoms with Crippen LogP contribution in [-0.2, 0) is 19.3 Å². The van der Waals surface area contributed by atoms with Crippen LogP contribution in [0.4, 0.5) is 13.2 Å². The second-order valence-electron chi connectivity index (χ2n) is 4.94. The van der Waals surface area contributed by atoms with E-state index >= 15 is 0 Å². The van der Waals surface area contributed by atoms with Gasteiger partial charge in [-0.3, -0.25) is 9.48 Å². The van der Waals surface area contributed by atoms with Gasteiger partial charge in [-0.2, -0.15) is 18.3 Å². The first-order valence-corrected chi connectivity index (χ1v) is 7.33. The van der Waals surface area contributed by atoms with Gasteiger partial charge in [0.1, 0.15) is 10.7 Å². The van der Waals surface area contributed by atoms with Crippen molar-refractivity contribution in [1.82, 2.24) is 19.7 Å². The molecule has 0 spiro atoms. The lowest BCUT2D eigenvalue weighted by Crippen LogP contribution is -2.14. The summed E-state index contributed by atoms with van der Waals surface area (Å²) in [6, 6.07) is 1.70. The van der Waals surface area contributed by atoms with Gasteiger partial charge in [-0.1, -0.05) is 0 Å². The molecule has 0 saturated carbocycles. The van der Waals surface area contributed by atoms with Gasteiger partial charge in [-0.15, -0.1) is 11.3 Å². The normalized spacial score (nSPS) is 12.2. The van der Waals surface area contributed by atoms with Crippen molar-refractivity contribution in [3.8, 4) is 0 Å². The number of halogens is 3. The zero-order chi connectivity index (χ0) is 16.8. The molecule has 0 unspecified atom stereocenters. The number of rotatable bonds is 3. The summed E-state index contributed by atoms with van der Waals surface area (Å²) in [5.41, 5.74) is -1.82. The van der Waals surface area contributed by atoms with Crippen molar-refractivity contribution in [2.75, 3.05) is 0 Å². The number of hydrogen-bond donors (Lipinski definition) is 2. The summed E-state index contributed by atoms with van der Waals surface area (Å²) in [5, 5.41) is 12.9. The summed E-state index contributed by atoms with van der Waals surface area (Å²) in [6.45, 7) is 0.926. The Morgan fingerprint density at radius 3 is 2.78 bits per heavy atom. The number of hydrogen-bond acceptors (Lipinski definition) is 5. The van der Waals surface area contributed by atoms with Crippen LogP contribution in [0.15, 0.2) is 17.1 Å². The van der Waals surface area contributed by atoms with E-state index in [2.05, 4.69) is 15.1 Å². The summed E-state index contributed by atoms with van der Waals surface area (Å²) >= 11 is 1.33. The van der Waals surface area contributed by atoms with Crippen LogP contribution in [0, 0.1) is 6.92 Å². The Morgan fingerprint density at radius 1 is 1.43 bits per heavy atom. The molecule has 0 fully saturated rings. The summed E-state index contributed by atoms with van der Waals surface area (Å²) in [4.78, 5) is 20.2. The van der Waals surface area contributed by atoms with Gasteiger partial charge in [0.25, 0.3) is 5.56 Å². The number of alkyl halides is 3. The third-order valence-electron chi connectivity index (χ3n) is 3.16. The van der Waals surface area contributed by atoms with Crippen LogP contribution in [0.5, 0.6) is 0 Å². The molecule has 122 valence electrons. The van der Waals surface area contributed by atoms with E-state index in [0.717, 1.165) is 15.8 Å². The average Bonchev–Trinajstić information content (AvgIpc) is 3.01. The second-order valence-corrected chi connectivity index (χ2v) is 6.18. The molecule has 3 heterocycles. The quantitative estimate of drug-likeness (QED) is 0.762. The molecular formula is C13H11F3N4O2S. The number of fused-ring (bicyclic) bond motifs is 1. The minimum atomic E-state index is -4.65. The monoisotopic (exact) mass is 344 g/mol. The smallest absolute Gasteiger partial charge is 0.392 e. The number of H-pyrrole nitrogens is 1. The minimum Gasteiger partial charge on any atom is -0.392 e. The fourth-order valence-electron chi connectivity index (χ4n) is 2.22. The molecule has 0 radical (unpaired) electrons. The highest BCUT2D eigenvalue weighted by atomic mass is 32.1. The van der Waals surface area contributed by atoms with Gasteiger partial charge in [0, 0.05) is 16.6 Å². The molecular weight excluding hydrogens is 333 g/mol. The van der Waals surface area contributed by atoms with E-state index in [1.807, 2.05) is 6.92 Å². The molecule has 0 amide bonds. The van der Waals surface area contributed by atoms with Crippen LogP contribution in [-0.4, -0.2) is 24.9 Å². The Labute approximate surface area is 131 Å². The molecule has 6 nitrogen and oxygen atoms in total. The van der Waals surface area contributed by atoms with Gasteiger partial charge >= 0.3 is 6.18 Å². The van der Waals surface area contributed by atoms with Crippen molar-refractivity contribution in [2.45, 2.75) is 26.3 Å². The molecule has 0 aromatic carbocycles. The van der Waals surface area contributed by atoms with Gasteiger partial charge in [-0.05, 0) is 13.0 Å². The van der Waals surface area contributed by atoms with Crippen molar-refractivity contribution < 1.29 is 18.3 Å². The maximum Gasteiger partial charge on any atom is 0.435 e. The fourth-order valence-corrected chi connectivity index (χ4v) is 3.12. The standard InChI is InChI=1S/C13H11F3N4O2S/c1-6-2-8-11(22)17-9(18-12(8)23-6)4-20-3-7(5-21)10(19-20)13(14,15)16/h2-3,21H,4-5H2,1H3,(H,17,18,22). The van der Waals surface area contributed by atoms with E-state index in [4.69, 9.17) is 5.11 Å². The molecule has 23 heavy (non-hydrogen) atoms. The molecule has 0 saturated heterocycles. The first-order chi connectivity index (χ1) is 10.8. The van der Waals surface area contributed by atoms with Crippen LogP contribution >= 0.6 is 11.3 Å². The van der Waals surface area contributed by atoms with Gasteiger partial charge in [0.05, 0.1) is 18.5 Å². The van der Waals surface area contributed by atoms with Crippen molar-refractivity contribution in [3.63, 3.8) is 0 Å². The van der Waals surface area contributed by atoms with Crippen molar-refractivity contribution in [3.05, 3.63) is 44.6 Å². The number of thiophene rings is 1. The van der Waals surface area contributed by atoms with Crippen LogP contribution < -0.4 is 5.56 Å². The Morgan fingerprint density at radius 2 is 2.17 bits per heavy atom. The number of aryl methyl sites for hydroxylation is 1. The average molecular weight is 344 g/mol. The summed E-state index contributed by atoms with van der Waals surface area (Å²) < 4.78 is 39.4. The lowest BCUT2D eigenvalue weighted by molar-refractivity contribution is -0.142. The van der Waals surface area contributed by atoms with Gasteiger partial charge < -0.3 is 10.1 Å². The lowest BCUT2D eigenvalue weighted by atomic mass is 10.2. The Bertz CT molecular complexity index is 926. The number of aliphatic hydroxyl groups is 1. The van der Waals surface area contributed by atoms with Crippen LogP contribution in [0.3, 0.4) is 0 Å². The minimum absolute atomic E-state index is 0.134. The maximum absolute atomic E-state index is 12.8. The fraction of sp³-hybridized carbons (Fsp3) is 0.308. The highest BCUT2D eigenvalue weighted by molar-refractivity contribution is 7.18. The Hall–Kier alpha value is -2.20. The van der Waals surface area contributed by atoms with E-state index in [9.17, 15) is 18.0 Å². The number of aromatic amines is 1. The molecule has 0 aliphatic carbocycles. The SMILES string of the molecule is Cc1cc2c(=O)[nH]c(Cn3cc(CO)c(C(F)(F)F)n3)nc2s1. The van der Waals surface area contributed by atoms with E-state index in [0.29, 0.717) is 10.2 Å². The largest absolute Gasteiger partial charge is 0.435 e. The van der Waals surface area contributed by atoms with Crippen molar-refractivity contribution >= 4 is 21.6 Å². The predicted molar refractivity (Wildman–Crippen MR) is 77.2 cm³/mol. The molecule has 10 heteroatoms. The summed E-state index contributed by atoms with van der Waals surface area (Å²) in [5.74, 6) is 0.199. The molecule has 0 bridgehead atoms.